The number of hydrogen-bond donors (Lipinski definition) is 2. The van der Waals surface area contributed by atoms with E-state index >= 15 is 0 Å². The molecule has 0 bridgehead atoms. The molecular weight excluding hydrogens is 334 g/mol. The van der Waals surface area contributed by atoms with E-state index in [1.165, 1.54) is 6.07 Å². The Morgan fingerprint density at radius 2 is 2.11 bits per heavy atom. The van der Waals surface area contributed by atoms with Crippen molar-refractivity contribution in [2.24, 2.45) is 5.92 Å². The van der Waals surface area contributed by atoms with Crippen LogP contribution in [0.4, 0.5) is 0 Å². The summed E-state index contributed by atoms with van der Waals surface area (Å²) in [6.07, 6.45) is 0.370. The molecule has 2 N–H and O–H groups in total. The van der Waals surface area contributed by atoms with E-state index in [1.54, 1.807) is 26.0 Å². The number of carbonyl (C=O) groups is 1. The van der Waals surface area contributed by atoms with Crippen LogP contribution in [0.2, 0.25) is 0 Å². The SMILES string of the molecule is CCC(CNS(=O)(=O)c1cc(Br)ccc1C)C(=O)O. The van der Waals surface area contributed by atoms with Crippen LogP contribution < -0.4 is 4.72 Å². The molecule has 19 heavy (non-hydrogen) atoms. The highest BCUT2D eigenvalue weighted by molar-refractivity contribution is 9.10. The van der Waals surface area contributed by atoms with Crippen LogP contribution in [0.25, 0.3) is 0 Å². The van der Waals surface area contributed by atoms with E-state index in [0.29, 0.717) is 16.5 Å². The maximum atomic E-state index is 12.1. The van der Waals surface area contributed by atoms with E-state index in [0.717, 1.165) is 0 Å². The zero-order valence-corrected chi connectivity index (χ0v) is 13.1. The number of carboxylic acids is 1. The fourth-order valence-electron chi connectivity index (χ4n) is 1.56. The lowest BCUT2D eigenvalue weighted by atomic mass is 10.1. The van der Waals surface area contributed by atoms with E-state index in [2.05, 4.69) is 20.7 Å². The summed E-state index contributed by atoms with van der Waals surface area (Å²) in [5.74, 6) is -1.72. The highest BCUT2D eigenvalue weighted by atomic mass is 79.9. The molecular formula is C12H16BrNO4S. The Hall–Kier alpha value is -0.920. The van der Waals surface area contributed by atoms with Crippen molar-refractivity contribution in [1.29, 1.82) is 0 Å². The molecule has 0 aromatic heterocycles. The molecule has 0 fully saturated rings. The number of nitrogens with one attached hydrogen (secondary N) is 1. The zero-order valence-electron chi connectivity index (χ0n) is 10.7. The Kier molecular flexibility index (Phi) is 5.51. The van der Waals surface area contributed by atoms with E-state index in [1.807, 2.05) is 0 Å². The van der Waals surface area contributed by atoms with Gasteiger partial charge in [-0.15, -0.1) is 0 Å². The molecule has 7 heteroatoms. The van der Waals surface area contributed by atoms with Gasteiger partial charge in [0.25, 0.3) is 0 Å². The first-order chi connectivity index (χ1) is 8.77. The van der Waals surface area contributed by atoms with Gasteiger partial charge < -0.3 is 5.11 Å². The predicted molar refractivity (Wildman–Crippen MR) is 75.5 cm³/mol. The Labute approximate surface area is 121 Å². The zero-order chi connectivity index (χ0) is 14.6. The van der Waals surface area contributed by atoms with Gasteiger partial charge >= 0.3 is 5.97 Å². The summed E-state index contributed by atoms with van der Waals surface area (Å²) in [5, 5.41) is 8.90. The van der Waals surface area contributed by atoms with Gasteiger partial charge in [0.15, 0.2) is 0 Å². The fourth-order valence-corrected chi connectivity index (χ4v) is 3.42. The quantitative estimate of drug-likeness (QED) is 0.824. The molecule has 0 saturated heterocycles. The summed E-state index contributed by atoms with van der Waals surface area (Å²) < 4.78 is 27.2. The maximum absolute atomic E-state index is 12.1. The second-order valence-electron chi connectivity index (χ2n) is 4.21. The smallest absolute Gasteiger partial charge is 0.307 e. The Bertz CT molecular complexity index is 571. The lowest BCUT2D eigenvalue weighted by Crippen LogP contribution is -2.33. The van der Waals surface area contributed by atoms with Crippen LogP contribution in [-0.4, -0.2) is 26.0 Å². The molecule has 1 unspecified atom stereocenters. The largest absolute Gasteiger partial charge is 0.481 e. The lowest BCUT2D eigenvalue weighted by molar-refractivity contribution is -0.141. The summed E-state index contributed by atoms with van der Waals surface area (Å²) >= 11 is 3.22. The molecule has 0 amide bonds. The normalized spacial score (nSPS) is 13.2. The topological polar surface area (TPSA) is 83.5 Å². The van der Waals surface area contributed by atoms with E-state index in [9.17, 15) is 13.2 Å². The van der Waals surface area contributed by atoms with E-state index in [4.69, 9.17) is 5.11 Å². The molecule has 0 radical (unpaired) electrons. The van der Waals surface area contributed by atoms with Gasteiger partial charge in [-0.2, -0.15) is 0 Å². The number of rotatable bonds is 6. The van der Waals surface area contributed by atoms with Crippen molar-refractivity contribution in [3.63, 3.8) is 0 Å². The molecule has 0 aliphatic carbocycles. The predicted octanol–water partition coefficient (Wildman–Crippen LogP) is 2.15. The number of aryl methyl sites for hydroxylation is 1. The van der Waals surface area contributed by atoms with Crippen LogP contribution in [0.3, 0.4) is 0 Å². The van der Waals surface area contributed by atoms with Gasteiger partial charge in [-0.05, 0) is 31.0 Å². The molecule has 106 valence electrons. The number of carboxylic acid groups (broad SMARTS) is 1. The van der Waals surface area contributed by atoms with Crippen LogP contribution in [0, 0.1) is 12.8 Å². The fraction of sp³-hybridized carbons (Fsp3) is 0.417. The van der Waals surface area contributed by atoms with E-state index in [-0.39, 0.29) is 11.4 Å². The Morgan fingerprint density at radius 3 is 2.63 bits per heavy atom. The van der Waals surface area contributed by atoms with Crippen molar-refractivity contribution >= 4 is 31.9 Å². The van der Waals surface area contributed by atoms with Crippen molar-refractivity contribution in [2.75, 3.05) is 6.54 Å². The van der Waals surface area contributed by atoms with Crippen molar-refractivity contribution in [3.05, 3.63) is 28.2 Å². The van der Waals surface area contributed by atoms with E-state index < -0.39 is 21.9 Å². The summed E-state index contributed by atoms with van der Waals surface area (Å²) in [4.78, 5) is 11.0. The highest BCUT2D eigenvalue weighted by Gasteiger charge is 2.21. The average molecular weight is 350 g/mol. The molecule has 5 nitrogen and oxygen atoms in total. The molecule has 0 aliphatic heterocycles. The molecule has 0 spiro atoms. The second kappa shape index (κ2) is 6.49. The number of sulfonamides is 1. The highest BCUT2D eigenvalue weighted by Crippen LogP contribution is 2.20. The molecule has 0 aliphatic rings. The summed E-state index contributed by atoms with van der Waals surface area (Å²) in [7, 11) is -3.70. The van der Waals surface area contributed by atoms with Gasteiger partial charge in [-0.1, -0.05) is 28.9 Å². The molecule has 0 heterocycles. The molecule has 1 atom stereocenters. The summed E-state index contributed by atoms with van der Waals surface area (Å²) in [6.45, 7) is 3.28. The van der Waals surface area contributed by atoms with Gasteiger partial charge in [0.1, 0.15) is 0 Å². The third-order valence-corrected chi connectivity index (χ3v) is 4.86. The van der Waals surface area contributed by atoms with Gasteiger partial charge in [-0.3, -0.25) is 4.79 Å². The molecule has 1 aromatic carbocycles. The summed E-state index contributed by atoms with van der Waals surface area (Å²) in [5.41, 5.74) is 0.610. The number of halogens is 1. The van der Waals surface area contributed by atoms with Crippen molar-refractivity contribution in [1.82, 2.24) is 4.72 Å². The van der Waals surface area contributed by atoms with Crippen LogP contribution in [-0.2, 0) is 14.8 Å². The number of benzene rings is 1. The second-order valence-corrected chi connectivity index (χ2v) is 6.86. The van der Waals surface area contributed by atoms with Gasteiger partial charge in [0, 0.05) is 11.0 Å². The number of hydrogen-bond acceptors (Lipinski definition) is 3. The van der Waals surface area contributed by atoms with Gasteiger partial charge in [0.2, 0.25) is 10.0 Å². The number of aliphatic carboxylic acids is 1. The first kappa shape index (κ1) is 16.1. The minimum Gasteiger partial charge on any atom is -0.481 e. The summed E-state index contributed by atoms with van der Waals surface area (Å²) in [6, 6.07) is 4.94. The molecule has 0 saturated carbocycles. The lowest BCUT2D eigenvalue weighted by Gasteiger charge is -2.13. The molecule has 1 aromatic rings. The third-order valence-electron chi connectivity index (χ3n) is 2.80. The molecule has 1 rings (SSSR count). The first-order valence-corrected chi connectivity index (χ1v) is 8.04. The van der Waals surface area contributed by atoms with Crippen molar-refractivity contribution in [3.8, 4) is 0 Å². The van der Waals surface area contributed by atoms with Crippen molar-refractivity contribution < 1.29 is 18.3 Å². The van der Waals surface area contributed by atoms with Crippen LogP contribution in [0.15, 0.2) is 27.6 Å². The van der Waals surface area contributed by atoms with Crippen molar-refractivity contribution in [2.45, 2.75) is 25.2 Å². The van der Waals surface area contributed by atoms with Crippen LogP contribution in [0.1, 0.15) is 18.9 Å². The Morgan fingerprint density at radius 1 is 1.47 bits per heavy atom. The van der Waals surface area contributed by atoms with Crippen LogP contribution in [0.5, 0.6) is 0 Å². The first-order valence-electron chi connectivity index (χ1n) is 5.76. The third kappa shape index (κ3) is 4.29. The standard InChI is InChI=1S/C12H16BrNO4S/c1-3-9(12(15)16)7-14-19(17,18)11-6-10(13)5-4-8(11)2/h4-6,9,14H,3,7H2,1-2H3,(H,15,16). The minimum atomic E-state index is -3.70. The van der Waals surface area contributed by atoms with Gasteiger partial charge in [-0.25, -0.2) is 13.1 Å². The van der Waals surface area contributed by atoms with Crippen LogP contribution >= 0.6 is 15.9 Å². The average Bonchev–Trinajstić information content (AvgIpc) is 2.32. The maximum Gasteiger partial charge on any atom is 0.307 e. The minimum absolute atomic E-state index is 0.111. The van der Waals surface area contributed by atoms with Gasteiger partial charge in [0.05, 0.1) is 10.8 Å². The Balaban J connectivity index is 2.93. The monoisotopic (exact) mass is 349 g/mol.